The van der Waals surface area contributed by atoms with Crippen LogP contribution in [0.2, 0.25) is 25.7 Å². The van der Waals surface area contributed by atoms with Crippen molar-refractivity contribution in [1.82, 2.24) is 19.5 Å². The number of nitrogens with zero attached hydrogens (tertiary/aromatic N) is 4. The maximum absolute atomic E-state index is 5.66. The van der Waals surface area contributed by atoms with Crippen molar-refractivity contribution in [2.24, 2.45) is 0 Å². The van der Waals surface area contributed by atoms with Crippen molar-refractivity contribution in [1.29, 1.82) is 0 Å². The third-order valence-electron chi connectivity index (χ3n) is 2.53. The van der Waals surface area contributed by atoms with Gasteiger partial charge < -0.3 is 9.30 Å². The lowest BCUT2D eigenvalue weighted by molar-refractivity contribution is 0.0898. The summed E-state index contributed by atoms with van der Waals surface area (Å²) in [7, 11) is -1.01. The summed E-state index contributed by atoms with van der Waals surface area (Å²) in [4.78, 5) is 12.3. The number of aromatic nitrogens is 4. The highest BCUT2D eigenvalue weighted by Gasteiger charge is 2.12. The summed E-state index contributed by atoms with van der Waals surface area (Å²) < 4.78 is 7.59. The fraction of sp³-hybridized carbons (Fsp3) is 0.545. The Kier molecular flexibility index (Phi) is 3.53. The number of imidazole rings is 1. The molecule has 2 rings (SSSR count). The molecule has 2 aromatic rings. The normalized spacial score (nSPS) is 12.2. The van der Waals surface area contributed by atoms with Crippen LogP contribution in [-0.2, 0) is 11.5 Å². The Morgan fingerprint density at radius 1 is 1.29 bits per heavy atom. The first-order chi connectivity index (χ1) is 8.06. The maximum Gasteiger partial charge on any atom is 0.180 e. The lowest BCUT2D eigenvalue weighted by atomic mass is 10.5. The van der Waals surface area contributed by atoms with Crippen LogP contribution in [0.15, 0.2) is 18.9 Å². The van der Waals surface area contributed by atoms with Crippen molar-refractivity contribution < 1.29 is 4.74 Å². The van der Waals surface area contributed by atoms with Crippen LogP contribution in [0.1, 0.15) is 0 Å². The minimum atomic E-state index is -1.01. The van der Waals surface area contributed by atoms with E-state index in [0.717, 1.165) is 12.1 Å². The number of ether oxygens (including phenoxy) is 1. The molecule has 0 fully saturated rings. The summed E-state index contributed by atoms with van der Waals surface area (Å²) in [6, 6.07) is 1.18. The molecule has 92 valence electrons. The Labute approximate surface area is 102 Å². The molecule has 0 aliphatic heterocycles. The van der Waals surface area contributed by atoms with E-state index in [0.29, 0.717) is 12.4 Å². The van der Waals surface area contributed by atoms with Crippen LogP contribution in [0.3, 0.4) is 0 Å². The van der Waals surface area contributed by atoms with Crippen LogP contribution in [0, 0.1) is 0 Å². The van der Waals surface area contributed by atoms with E-state index in [1.165, 1.54) is 12.4 Å². The van der Waals surface area contributed by atoms with Crippen LogP contribution in [0.25, 0.3) is 11.2 Å². The zero-order valence-corrected chi connectivity index (χ0v) is 11.6. The average molecular weight is 250 g/mol. The summed E-state index contributed by atoms with van der Waals surface area (Å²) >= 11 is 0. The van der Waals surface area contributed by atoms with E-state index in [1.54, 1.807) is 12.5 Å². The summed E-state index contributed by atoms with van der Waals surface area (Å²) in [6.45, 7) is 8.36. The third kappa shape index (κ3) is 3.34. The fourth-order valence-corrected chi connectivity index (χ4v) is 2.21. The predicted molar refractivity (Wildman–Crippen MR) is 69.4 cm³/mol. The van der Waals surface area contributed by atoms with Crippen molar-refractivity contribution in [2.75, 3.05) is 6.61 Å². The minimum absolute atomic E-state index is 0.522. The van der Waals surface area contributed by atoms with Crippen LogP contribution in [0.4, 0.5) is 0 Å². The quantitative estimate of drug-likeness (QED) is 0.602. The van der Waals surface area contributed by atoms with Gasteiger partial charge in [-0.1, -0.05) is 19.6 Å². The smallest absolute Gasteiger partial charge is 0.180 e. The first-order valence-electron chi connectivity index (χ1n) is 5.75. The molecular formula is C11H18N4OSi. The summed E-state index contributed by atoms with van der Waals surface area (Å²) in [5, 5.41) is 0. The molecule has 6 heteroatoms. The van der Waals surface area contributed by atoms with E-state index in [4.69, 9.17) is 4.74 Å². The molecule has 5 nitrogen and oxygen atoms in total. The molecule has 2 heterocycles. The number of hydrogen-bond acceptors (Lipinski definition) is 4. The van der Waals surface area contributed by atoms with Crippen LogP contribution < -0.4 is 0 Å². The van der Waals surface area contributed by atoms with Crippen molar-refractivity contribution in [3.63, 3.8) is 0 Å². The van der Waals surface area contributed by atoms with Gasteiger partial charge in [0.15, 0.2) is 5.65 Å². The molecule has 0 unspecified atom stereocenters. The second-order valence-corrected chi connectivity index (χ2v) is 10.9. The summed E-state index contributed by atoms with van der Waals surface area (Å²) in [5.74, 6) is 0. The van der Waals surface area contributed by atoms with Crippen LogP contribution in [0.5, 0.6) is 0 Å². The molecule has 0 aliphatic rings. The fourth-order valence-electron chi connectivity index (χ4n) is 1.45. The second-order valence-electron chi connectivity index (χ2n) is 5.29. The van der Waals surface area contributed by atoms with Crippen molar-refractivity contribution in [2.45, 2.75) is 32.4 Å². The van der Waals surface area contributed by atoms with Gasteiger partial charge in [-0.25, -0.2) is 15.0 Å². The van der Waals surface area contributed by atoms with Gasteiger partial charge >= 0.3 is 0 Å². The topological polar surface area (TPSA) is 52.8 Å². The Morgan fingerprint density at radius 3 is 2.88 bits per heavy atom. The molecule has 0 radical (unpaired) electrons. The monoisotopic (exact) mass is 250 g/mol. The van der Waals surface area contributed by atoms with Crippen LogP contribution in [-0.4, -0.2) is 34.2 Å². The van der Waals surface area contributed by atoms with E-state index in [2.05, 4.69) is 34.6 Å². The molecule has 0 saturated carbocycles. The Balaban J connectivity index is 1.91. The molecule has 0 saturated heterocycles. The van der Waals surface area contributed by atoms with Gasteiger partial charge in [0.05, 0.1) is 12.5 Å². The molecule has 0 amide bonds. The highest BCUT2D eigenvalue weighted by atomic mass is 28.3. The molecule has 2 aromatic heterocycles. The lowest BCUT2D eigenvalue weighted by Gasteiger charge is -2.15. The van der Waals surface area contributed by atoms with E-state index in [9.17, 15) is 0 Å². The minimum Gasteiger partial charge on any atom is -0.361 e. The van der Waals surface area contributed by atoms with Gasteiger partial charge in [-0.05, 0) is 6.04 Å². The van der Waals surface area contributed by atoms with Gasteiger partial charge in [-0.15, -0.1) is 0 Å². The van der Waals surface area contributed by atoms with Gasteiger partial charge in [0.25, 0.3) is 0 Å². The number of rotatable bonds is 5. The molecule has 0 atom stereocenters. The molecule has 0 N–H and O–H groups in total. The van der Waals surface area contributed by atoms with Crippen LogP contribution >= 0.6 is 0 Å². The van der Waals surface area contributed by atoms with Gasteiger partial charge in [-0.3, -0.25) is 0 Å². The van der Waals surface area contributed by atoms with Crippen molar-refractivity contribution in [3.8, 4) is 0 Å². The summed E-state index contributed by atoms with van der Waals surface area (Å²) in [5.41, 5.74) is 1.63. The van der Waals surface area contributed by atoms with Gasteiger partial charge in [-0.2, -0.15) is 0 Å². The second kappa shape index (κ2) is 4.93. The van der Waals surface area contributed by atoms with E-state index < -0.39 is 8.07 Å². The van der Waals surface area contributed by atoms with Gasteiger partial charge in [0.1, 0.15) is 18.6 Å². The Morgan fingerprint density at radius 2 is 2.12 bits per heavy atom. The van der Waals surface area contributed by atoms with E-state index >= 15 is 0 Å². The van der Waals surface area contributed by atoms with E-state index in [1.807, 2.05) is 4.57 Å². The van der Waals surface area contributed by atoms with Crippen molar-refractivity contribution in [3.05, 3.63) is 18.9 Å². The number of hydrogen-bond donors (Lipinski definition) is 0. The maximum atomic E-state index is 5.66. The lowest BCUT2D eigenvalue weighted by Crippen LogP contribution is -2.21. The van der Waals surface area contributed by atoms with Gasteiger partial charge in [0.2, 0.25) is 0 Å². The average Bonchev–Trinajstić information content (AvgIpc) is 2.67. The molecule has 17 heavy (non-hydrogen) atoms. The first-order valence-corrected chi connectivity index (χ1v) is 9.45. The highest BCUT2D eigenvalue weighted by Crippen LogP contribution is 2.10. The zero-order valence-electron chi connectivity index (χ0n) is 10.6. The first kappa shape index (κ1) is 12.2. The molecular weight excluding hydrogens is 232 g/mol. The largest absolute Gasteiger partial charge is 0.361 e. The molecule has 0 bridgehead atoms. The molecule has 0 aromatic carbocycles. The van der Waals surface area contributed by atoms with Crippen molar-refractivity contribution >= 4 is 19.2 Å². The van der Waals surface area contributed by atoms with Gasteiger partial charge in [0, 0.05) is 14.7 Å². The molecule has 0 aliphatic carbocycles. The number of fused-ring (bicyclic) bond motifs is 1. The third-order valence-corrected chi connectivity index (χ3v) is 4.23. The van der Waals surface area contributed by atoms with E-state index in [-0.39, 0.29) is 0 Å². The molecule has 0 spiro atoms. The zero-order chi connectivity index (χ0) is 12.3. The SMILES string of the molecule is C[Si](C)(C)CCOCn1cnc2ncncc21. The highest BCUT2D eigenvalue weighted by molar-refractivity contribution is 6.76. The standard InChI is InChI=1S/C11H18N4OSi/c1-17(2,3)5-4-16-9-15-8-14-11-10(15)6-12-7-13-11/h6-8H,4-5,9H2,1-3H3. The Bertz CT molecular complexity index is 491. The predicted octanol–water partition coefficient (Wildman–Crippen LogP) is 2.14. The Hall–Kier alpha value is -1.27. The summed E-state index contributed by atoms with van der Waals surface area (Å²) in [6.07, 6.45) is 5.01.